The van der Waals surface area contributed by atoms with Crippen molar-refractivity contribution >= 4 is 20.1 Å². The van der Waals surface area contributed by atoms with Gasteiger partial charge < -0.3 is 0 Å². The van der Waals surface area contributed by atoms with E-state index in [0.717, 1.165) is 12.1 Å². The Morgan fingerprint density at radius 1 is 0.938 bits per heavy atom. The van der Waals surface area contributed by atoms with E-state index in [4.69, 9.17) is 0 Å². The number of hydrogen-bond acceptors (Lipinski definition) is 4. The van der Waals surface area contributed by atoms with E-state index >= 15 is 0 Å². The Balaban J connectivity index is 3.61. The Morgan fingerprint density at radius 3 is 1.75 bits per heavy atom. The minimum Gasteiger partial charge on any atom is -0.218 e. The van der Waals surface area contributed by atoms with E-state index in [2.05, 4.69) is 0 Å². The van der Waals surface area contributed by atoms with Gasteiger partial charge in [0, 0.05) is 0 Å². The van der Waals surface area contributed by atoms with Gasteiger partial charge in [-0.2, -0.15) is 17.2 Å². The maximum atomic E-state index is 12.6. The fraction of sp³-hybridized carbons (Fsp3) is 0.143. The van der Waals surface area contributed by atoms with Crippen molar-refractivity contribution in [2.24, 2.45) is 0 Å². The lowest BCUT2D eigenvalue weighted by Crippen LogP contribution is -2.14. The molecule has 0 aliphatic heterocycles. The van der Waals surface area contributed by atoms with Gasteiger partial charge >= 0.3 is 16.0 Å². The largest absolute Gasteiger partial charge is 0.341 e. The number of sulfone groups is 1. The zero-order chi connectivity index (χ0) is 12.6. The summed E-state index contributed by atoms with van der Waals surface area (Å²) in [6.45, 7) is 0. The molecule has 0 N–H and O–H groups in total. The minimum atomic E-state index is -5.36. The Labute approximate surface area is 89.8 Å². The van der Waals surface area contributed by atoms with Crippen molar-refractivity contribution in [1.29, 1.82) is 0 Å². The van der Waals surface area contributed by atoms with E-state index in [9.17, 15) is 29.5 Å². The highest BCUT2D eigenvalue weighted by atomic mass is 32.3. The zero-order valence-electron chi connectivity index (χ0n) is 7.47. The molecule has 0 fully saturated rings. The second-order valence-electron chi connectivity index (χ2n) is 2.69. The third-order valence-electron chi connectivity index (χ3n) is 1.65. The van der Waals surface area contributed by atoms with Crippen molar-refractivity contribution < 1.29 is 29.5 Å². The van der Waals surface area contributed by atoms with Crippen LogP contribution in [0.4, 0.5) is 12.7 Å². The molecule has 1 aromatic carbocycles. The van der Waals surface area contributed by atoms with E-state index in [0.29, 0.717) is 12.1 Å². The molecule has 0 saturated heterocycles. The standard InChI is InChI=1S/C7H5F3O4S2/c8-7(9)15(11,12)5-3-1-2-4-6(5)16(10,13)14/h1-4,7H. The summed E-state index contributed by atoms with van der Waals surface area (Å²) in [6.07, 6.45) is 0. The van der Waals surface area contributed by atoms with E-state index in [1.807, 2.05) is 0 Å². The van der Waals surface area contributed by atoms with Crippen molar-refractivity contribution in [3.63, 3.8) is 0 Å². The van der Waals surface area contributed by atoms with Crippen LogP contribution in [0.25, 0.3) is 0 Å². The van der Waals surface area contributed by atoms with Crippen molar-refractivity contribution in [3.8, 4) is 0 Å². The van der Waals surface area contributed by atoms with Gasteiger partial charge in [-0.3, -0.25) is 0 Å². The SMILES string of the molecule is O=S(=O)(F)c1ccccc1S(=O)(=O)C(F)F. The highest BCUT2D eigenvalue weighted by molar-refractivity contribution is 7.93. The van der Waals surface area contributed by atoms with Gasteiger partial charge in [-0.25, -0.2) is 8.42 Å². The zero-order valence-corrected chi connectivity index (χ0v) is 9.10. The fourth-order valence-electron chi connectivity index (χ4n) is 0.983. The van der Waals surface area contributed by atoms with Crippen molar-refractivity contribution in [3.05, 3.63) is 24.3 Å². The number of halogens is 3. The lowest BCUT2D eigenvalue weighted by molar-refractivity contribution is 0.234. The van der Waals surface area contributed by atoms with Crippen LogP contribution in [0, 0.1) is 0 Å². The summed E-state index contributed by atoms with van der Waals surface area (Å²) in [6, 6.07) is 3.25. The molecule has 1 rings (SSSR count). The number of rotatable bonds is 3. The smallest absolute Gasteiger partial charge is 0.218 e. The average molecular weight is 274 g/mol. The third-order valence-corrected chi connectivity index (χ3v) is 4.10. The molecule has 4 nitrogen and oxygen atoms in total. The molecule has 16 heavy (non-hydrogen) atoms. The molecular weight excluding hydrogens is 269 g/mol. The van der Waals surface area contributed by atoms with E-state index in [-0.39, 0.29) is 0 Å². The summed E-state index contributed by atoms with van der Waals surface area (Å²) in [5, 5.41) is 0. The predicted octanol–water partition coefficient (Wildman–Crippen LogP) is 1.34. The van der Waals surface area contributed by atoms with Crippen LogP contribution in [-0.4, -0.2) is 22.6 Å². The fourth-order valence-corrected chi connectivity index (χ4v) is 2.99. The normalized spacial score (nSPS) is 13.0. The van der Waals surface area contributed by atoms with Gasteiger partial charge in [0.1, 0.15) is 4.90 Å². The first-order chi connectivity index (χ1) is 7.17. The Kier molecular flexibility index (Phi) is 3.29. The molecule has 0 spiro atoms. The van der Waals surface area contributed by atoms with Crippen molar-refractivity contribution in [2.75, 3.05) is 0 Å². The molecule has 9 heteroatoms. The maximum absolute atomic E-state index is 12.6. The third kappa shape index (κ3) is 2.35. The topological polar surface area (TPSA) is 68.3 Å². The van der Waals surface area contributed by atoms with E-state index in [1.54, 1.807) is 0 Å². The summed E-state index contributed by atoms with van der Waals surface area (Å²) in [7, 11) is -10.5. The number of alkyl halides is 2. The highest BCUT2D eigenvalue weighted by Gasteiger charge is 2.32. The molecule has 0 unspecified atom stereocenters. The Hall–Kier alpha value is -1.09. The second-order valence-corrected chi connectivity index (χ2v) is 5.89. The second kappa shape index (κ2) is 4.06. The van der Waals surface area contributed by atoms with Crippen LogP contribution in [0.1, 0.15) is 0 Å². The first kappa shape index (κ1) is 13.0. The summed E-state index contributed by atoms with van der Waals surface area (Å²) < 4.78 is 80.1. The lowest BCUT2D eigenvalue weighted by atomic mass is 10.4. The highest BCUT2D eigenvalue weighted by Crippen LogP contribution is 2.26. The van der Waals surface area contributed by atoms with Gasteiger partial charge in [-0.05, 0) is 12.1 Å². The molecule has 0 heterocycles. The van der Waals surface area contributed by atoms with Crippen LogP contribution in [0.2, 0.25) is 0 Å². The predicted molar refractivity (Wildman–Crippen MR) is 47.9 cm³/mol. The summed E-state index contributed by atoms with van der Waals surface area (Å²) >= 11 is 0. The molecule has 0 aliphatic carbocycles. The maximum Gasteiger partial charge on any atom is 0.341 e. The molecular formula is C7H5F3O4S2. The molecule has 0 aliphatic rings. The van der Waals surface area contributed by atoms with Gasteiger partial charge in [-0.1, -0.05) is 12.1 Å². The van der Waals surface area contributed by atoms with Gasteiger partial charge in [0.25, 0.3) is 0 Å². The lowest BCUT2D eigenvalue weighted by Gasteiger charge is -2.05. The average Bonchev–Trinajstić information content (AvgIpc) is 2.16. The monoisotopic (exact) mass is 274 g/mol. The molecule has 90 valence electrons. The minimum absolute atomic E-state index is 0.602. The molecule has 0 atom stereocenters. The molecule has 0 bridgehead atoms. The van der Waals surface area contributed by atoms with Crippen molar-refractivity contribution in [2.45, 2.75) is 15.5 Å². The number of hydrogen-bond donors (Lipinski definition) is 0. The van der Waals surface area contributed by atoms with Crippen LogP contribution in [0.15, 0.2) is 34.1 Å². The first-order valence-electron chi connectivity index (χ1n) is 3.73. The van der Waals surface area contributed by atoms with E-state index < -0.39 is 35.6 Å². The quantitative estimate of drug-likeness (QED) is 0.780. The molecule has 0 radical (unpaired) electrons. The molecule has 1 aromatic rings. The summed E-state index contributed by atoms with van der Waals surface area (Å²) in [4.78, 5) is -2.53. The molecule has 0 aromatic heterocycles. The Morgan fingerprint density at radius 2 is 1.38 bits per heavy atom. The number of benzene rings is 1. The van der Waals surface area contributed by atoms with Crippen LogP contribution in [-0.2, 0) is 20.1 Å². The molecule has 0 saturated carbocycles. The van der Waals surface area contributed by atoms with Gasteiger partial charge in [-0.15, -0.1) is 3.89 Å². The Bertz CT molecular complexity index is 592. The van der Waals surface area contributed by atoms with Gasteiger partial charge in [0.15, 0.2) is 0 Å². The summed E-state index contributed by atoms with van der Waals surface area (Å²) in [5.74, 6) is -3.81. The van der Waals surface area contributed by atoms with Gasteiger partial charge in [0.2, 0.25) is 9.84 Å². The van der Waals surface area contributed by atoms with Crippen molar-refractivity contribution in [1.82, 2.24) is 0 Å². The summed E-state index contributed by atoms with van der Waals surface area (Å²) in [5.41, 5.74) is 0. The van der Waals surface area contributed by atoms with Crippen LogP contribution < -0.4 is 0 Å². The van der Waals surface area contributed by atoms with E-state index in [1.165, 1.54) is 0 Å². The molecule has 0 amide bonds. The van der Waals surface area contributed by atoms with Crippen LogP contribution in [0.3, 0.4) is 0 Å². The van der Waals surface area contributed by atoms with Crippen LogP contribution in [0.5, 0.6) is 0 Å². The first-order valence-corrected chi connectivity index (χ1v) is 6.66. The van der Waals surface area contributed by atoms with Crippen LogP contribution >= 0.6 is 0 Å². The van der Waals surface area contributed by atoms with Gasteiger partial charge in [0.05, 0.1) is 4.90 Å².